The summed E-state index contributed by atoms with van der Waals surface area (Å²) in [6, 6.07) is 7.57. The zero-order valence-electron chi connectivity index (χ0n) is 13.5. The van der Waals surface area contributed by atoms with Crippen LogP contribution < -0.4 is 4.90 Å². The van der Waals surface area contributed by atoms with E-state index in [1.54, 1.807) is 0 Å². The van der Waals surface area contributed by atoms with E-state index >= 15 is 0 Å². The van der Waals surface area contributed by atoms with Gasteiger partial charge in [-0.2, -0.15) is 9.78 Å². The molecule has 1 aromatic rings. The molecule has 0 atom stereocenters. The Morgan fingerprint density at radius 2 is 1.54 bits per heavy atom. The molecule has 1 saturated heterocycles. The van der Waals surface area contributed by atoms with E-state index in [9.17, 15) is 0 Å². The van der Waals surface area contributed by atoms with E-state index in [2.05, 4.69) is 0 Å². The Morgan fingerprint density at radius 1 is 0.917 bits per heavy atom. The summed E-state index contributed by atoms with van der Waals surface area (Å²) in [5.41, 5.74) is 0.913. The van der Waals surface area contributed by atoms with Crippen LogP contribution in [0.25, 0.3) is 0 Å². The van der Waals surface area contributed by atoms with Crippen LogP contribution in [0.1, 0.15) is 32.1 Å². The average molecular weight is 352 g/mol. The van der Waals surface area contributed by atoms with Crippen molar-refractivity contribution in [2.24, 2.45) is 23.7 Å². The lowest BCUT2D eigenvalue weighted by Gasteiger charge is -2.58. The number of nitrogens with zero attached hydrogens (tertiary/aromatic N) is 1. The molecule has 0 aromatic heterocycles. The highest BCUT2D eigenvalue weighted by atomic mass is 35.5. The minimum absolute atomic E-state index is 0.289. The molecular weight excluding hydrogens is 330 g/mol. The maximum absolute atomic E-state index is 6.07. The molecule has 5 aliphatic rings. The molecule has 0 unspecified atom stereocenters. The van der Waals surface area contributed by atoms with Crippen molar-refractivity contribution < 1.29 is 19.6 Å². The summed E-state index contributed by atoms with van der Waals surface area (Å²) >= 11 is 6.07. The van der Waals surface area contributed by atoms with Gasteiger partial charge in [-0.15, -0.1) is 0 Å². The van der Waals surface area contributed by atoms with Crippen molar-refractivity contribution >= 4 is 17.3 Å². The average Bonchev–Trinajstić information content (AvgIpc) is 2.53. The van der Waals surface area contributed by atoms with Crippen LogP contribution in [0, 0.1) is 23.7 Å². The third kappa shape index (κ3) is 2.45. The van der Waals surface area contributed by atoms with Crippen LogP contribution >= 0.6 is 11.6 Å². The van der Waals surface area contributed by atoms with Gasteiger partial charge in [0.25, 0.3) is 0 Å². The van der Waals surface area contributed by atoms with Crippen molar-refractivity contribution in [2.75, 3.05) is 18.4 Å². The Balaban J connectivity index is 1.32. The second-order valence-electron chi connectivity index (χ2n) is 7.71. The van der Waals surface area contributed by atoms with E-state index in [4.69, 9.17) is 31.2 Å². The monoisotopic (exact) mass is 351 g/mol. The molecule has 6 rings (SSSR count). The Hall–Kier alpha value is -0.850. The van der Waals surface area contributed by atoms with Crippen molar-refractivity contribution in [1.82, 2.24) is 0 Å². The van der Waals surface area contributed by atoms with Crippen molar-refractivity contribution in [3.8, 4) is 0 Å². The number of halogens is 1. The molecule has 1 aromatic carbocycles. The van der Waals surface area contributed by atoms with Gasteiger partial charge in [-0.1, -0.05) is 17.7 Å². The fourth-order valence-corrected chi connectivity index (χ4v) is 5.53. The van der Waals surface area contributed by atoms with Crippen molar-refractivity contribution in [2.45, 2.75) is 37.9 Å². The number of benzene rings is 1. The molecule has 4 aliphatic carbocycles. The zero-order valence-corrected chi connectivity index (χ0v) is 14.3. The number of hydrogen-bond donors (Lipinski definition) is 0. The standard InChI is InChI=1S/C18H22ClNO4/c19-16-2-1-3-17(9-16)20-10-21-23-18(24-22-11-20)14-5-12-4-13(7-14)8-15(18)6-12/h1-3,9,12-15H,4-8,10-11H2. The Bertz CT molecular complexity index is 585. The lowest BCUT2D eigenvalue weighted by molar-refractivity contribution is -0.558. The molecule has 4 bridgehead atoms. The summed E-state index contributed by atoms with van der Waals surface area (Å²) in [5, 5.41) is 0.675. The van der Waals surface area contributed by atoms with Crippen LogP contribution in [0.5, 0.6) is 0 Å². The molecule has 24 heavy (non-hydrogen) atoms. The first-order chi connectivity index (χ1) is 11.7. The van der Waals surface area contributed by atoms with Gasteiger partial charge < -0.3 is 4.90 Å². The number of rotatable bonds is 1. The smallest absolute Gasteiger partial charge is 0.239 e. The van der Waals surface area contributed by atoms with E-state index < -0.39 is 5.79 Å². The third-order valence-corrected chi connectivity index (χ3v) is 6.48. The number of hydrogen-bond acceptors (Lipinski definition) is 5. The first-order valence-corrected chi connectivity index (χ1v) is 9.22. The molecule has 5 fully saturated rings. The molecule has 1 heterocycles. The summed E-state index contributed by atoms with van der Waals surface area (Å²) in [7, 11) is 0. The minimum Gasteiger partial charge on any atom is -0.320 e. The predicted molar refractivity (Wildman–Crippen MR) is 87.8 cm³/mol. The third-order valence-electron chi connectivity index (χ3n) is 6.24. The summed E-state index contributed by atoms with van der Waals surface area (Å²) in [6.07, 6.45) is 6.04. The van der Waals surface area contributed by atoms with Crippen LogP contribution in [0.2, 0.25) is 5.02 Å². The van der Waals surface area contributed by atoms with E-state index in [0.717, 1.165) is 43.2 Å². The normalized spacial score (nSPS) is 37.5. The summed E-state index contributed by atoms with van der Waals surface area (Å²) in [5.74, 6) is 1.71. The predicted octanol–water partition coefficient (Wildman–Crippen LogP) is 4.12. The van der Waals surface area contributed by atoms with Gasteiger partial charge in [-0.3, -0.25) is 0 Å². The van der Waals surface area contributed by atoms with Gasteiger partial charge in [0.2, 0.25) is 5.79 Å². The van der Waals surface area contributed by atoms with Gasteiger partial charge >= 0.3 is 0 Å². The molecule has 5 nitrogen and oxygen atoms in total. The molecule has 0 N–H and O–H groups in total. The maximum Gasteiger partial charge on any atom is 0.239 e. The fraction of sp³-hybridized carbons (Fsp3) is 0.667. The molecular formula is C18H22ClNO4. The Morgan fingerprint density at radius 3 is 2.12 bits per heavy atom. The highest BCUT2D eigenvalue weighted by Crippen LogP contribution is 2.60. The molecule has 0 amide bonds. The van der Waals surface area contributed by atoms with E-state index in [1.807, 2.05) is 29.2 Å². The van der Waals surface area contributed by atoms with Crippen molar-refractivity contribution in [3.05, 3.63) is 29.3 Å². The van der Waals surface area contributed by atoms with Gasteiger partial charge in [-0.05, 0) is 62.1 Å². The van der Waals surface area contributed by atoms with Crippen LogP contribution in [0.15, 0.2) is 24.3 Å². The highest BCUT2D eigenvalue weighted by Gasteiger charge is 2.61. The second-order valence-corrected chi connectivity index (χ2v) is 8.14. The lowest BCUT2D eigenvalue weighted by atomic mass is 9.53. The summed E-state index contributed by atoms with van der Waals surface area (Å²) in [6.45, 7) is 0.579. The van der Waals surface area contributed by atoms with Crippen LogP contribution in [0.4, 0.5) is 5.69 Å². The topological polar surface area (TPSA) is 40.2 Å². The fourth-order valence-electron chi connectivity index (χ4n) is 5.35. The molecule has 6 heteroatoms. The number of anilines is 1. The SMILES string of the molecule is Clc1cccc(N2COOC3(OOC2)C2CC4CC(C2)CC3C4)c1. The minimum atomic E-state index is -0.714. The van der Waals surface area contributed by atoms with E-state index in [0.29, 0.717) is 16.9 Å². The van der Waals surface area contributed by atoms with Crippen molar-refractivity contribution in [1.29, 1.82) is 0 Å². The van der Waals surface area contributed by atoms with E-state index in [-0.39, 0.29) is 13.5 Å². The molecule has 1 aliphatic heterocycles. The van der Waals surface area contributed by atoms with Gasteiger partial charge in [-0.25, -0.2) is 9.78 Å². The first-order valence-electron chi connectivity index (χ1n) is 8.85. The molecule has 0 radical (unpaired) electrons. The van der Waals surface area contributed by atoms with Crippen LogP contribution in [0.3, 0.4) is 0 Å². The highest BCUT2D eigenvalue weighted by molar-refractivity contribution is 6.30. The molecule has 130 valence electrons. The quantitative estimate of drug-likeness (QED) is 0.712. The zero-order chi connectivity index (χ0) is 16.1. The Labute approximate surface area is 146 Å². The Kier molecular flexibility index (Phi) is 3.76. The summed E-state index contributed by atoms with van der Waals surface area (Å²) < 4.78 is 0. The maximum atomic E-state index is 6.07. The molecule has 4 saturated carbocycles. The van der Waals surface area contributed by atoms with Gasteiger partial charge in [0.05, 0.1) is 0 Å². The largest absolute Gasteiger partial charge is 0.320 e. The van der Waals surface area contributed by atoms with Gasteiger partial charge in [0.15, 0.2) is 13.5 Å². The van der Waals surface area contributed by atoms with E-state index in [1.165, 1.54) is 6.42 Å². The van der Waals surface area contributed by atoms with Crippen molar-refractivity contribution in [3.63, 3.8) is 0 Å². The van der Waals surface area contributed by atoms with Crippen LogP contribution in [-0.2, 0) is 19.6 Å². The summed E-state index contributed by atoms with van der Waals surface area (Å²) in [4.78, 5) is 25.0. The van der Waals surface area contributed by atoms with Gasteiger partial charge in [0, 0.05) is 22.5 Å². The second kappa shape index (κ2) is 5.85. The van der Waals surface area contributed by atoms with Crippen LogP contribution in [-0.4, -0.2) is 19.2 Å². The van der Waals surface area contributed by atoms with Gasteiger partial charge in [0.1, 0.15) is 0 Å². The first kappa shape index (κ1) is 15.4. The molecule has 1 spiro atoms. The lowest BCUT2D eigenvalue weighted by Crippen LogP contribution is -2.61.